The van der Waals surface area contributed by atoms with Crippen molar-refractivity contribution in [1.29, 1.82) is 0 Å². The van der Waals surface area contributed by atoms with Gasteiger partial charge in [0.05, 0.1) is 12.5 Å². The number of hydrogen-bond acceptors (Lipinski definition) is 1. The van der Waals surface area contributed by atoms with Gasteiger partial charge < -0.3 is 5.32 Å². The van der Waals surface area contributed by atoms with E-state index in [0.717, 1.165) is 33.6 Å². The zero-order valence-electron chi connectivity index (χ0n) is 25.2. The van der Waals surface area contributed by atoms with Crippen molar-refractivity contribution in [2.45, 2.75) is 26.2 Å². The minimum Gasteiger partial charge on any atom is -0.354 e. The summed E-state index contributed by atoms with van der Waals surface area (Å²) in [5, 5.41) is 3.65. The van der Waals surface area contributed by atoms with Crippen molar-refractivity contribution < 1.29 is 6.85 Å². The van der Waals surface area contributed by atoms with E-state index in [1.807, 2.05) is 54.6 Å². The zero-order chi connectivity index (χ0) is 28.6. The fourth-order valence-electron chi connectivity index (χ4n) is 4.19. The SMILES string of the molecule is [2H]c1c([2H])c([2H])c(-c2cccc(Nc3c(-c4ccccc4)cc(C(C)(C)C)cc3-c3ccccc3)c2)c([2H])c1[2H]. The fourth-order valence-corrected chi connectivity index (χ4v) is 4.19. The van der Waals surface area contributed by atoms with E-state index in [1.165, 1.54) is 5.56 Å². The molecule has 0 aliphatic rings. The Labute approximate surface area is 216 Å². The lowest BCUT2D eigenvalue weighted by molar-refractivity contribution is 0.591. The summed E-state index contributed by atoms with van der Waals surface area (Å²) in [7, 11) is 0. The van der Waals surface area contributed by atoms with Crippen LogP contribution >= 0.6 is 0 Å². The lowest BCUT2D eigenvalue weighted by atomic mass is 9.82. The lowest BCUT2D eigenvalue weighted by Gasteiger charge is -2.25. The normalized spacial score (nSPS) is 13.3. The van der Waals surface area contributed by atoms with Crippen LogP contribution in [0.5, 0.6) is 0 Å². The third-order valence-corrected chi connectivity index (χ3v) is 6.09. The van der Waals surface area contributed by atoms with E-state index in [-0.39, 0.29) is 35.1 Å². The van der Waals surface area contributed by atoms with Crippen molar-refractivity contribution in [3.63, 3.8) is 0 Å². The minimum atomic E-state index is -0.396. The standard InChI is InChI=1S/C34H31N/c1-34(2,3)29-23-31(26-16-9-5-10-17-26)33(32(24-29)27-18-11-6-12-19-27)35-30-21-13-20-28(22-30)25-14-7-4-8-15-25/h4-24,35H,1-3H3/i4D,7D,8D,14D,15D. The van der Waals surface area contributed by atoms with Gasteiger partial charge in [-0.05, 0) is 57.5 Å². The van der Waals surface area contributed by atoms with Crippen LogP contribution in [0.15, 0.2) is 127 Å². The van der Waals surface area contributed by atoms with Gasteiger partial charge in [-0.2, -0.15) is 0 Å². The second-order valence-corrected chi connectivity index (χ2v) is 9.63. The van der Waals surface area contributed by atoms with Gasteiger partial charge in [-0.25, -0.2) is 0 Å². The molecule has 1 nitrogen and oxygen atoms in total. The van der Waals surface area contributed by atoms with Crippen molar-refractivity contribution in [2.24, 2.45) is 0 Å². The van der Waals surface area contributed by atoms with Crippen LogP contribution in [0.3, 0.4) is 0 Å². The van der Waals surface area contributed by atoms with E-state index in [4.69, 9.17) is 6.85 Å². The minimum absolute atomic E-state index is 0.0769. The Balaban J connectivity index is 1.73. The molecule has 0 aliphatic carbocycles. The van der Waals surface area contributed by atoms with Crippen LogP contribution < -0.4 is 5.32 Å². The zero-order valence-corrected chi connectivity index (χ0v) is 20.2. The second-order valence-electron chi connectivity index (χ2n) is 9.63. The molecular weight excluding hydrogens is 422 g/mol. The van der Waals surface area contributed by atoms with Crippen molar-refractivity contribution in [3.05, 3.63) is 133 Å². The van der Waals surface area contributed by atoms with Gasteiger partial charge in [0.2, 0.25) is 0 Å². The maximum absolute atomic E-state index is 8.45. The maximum Gasteiger partial charge on any atom is 0.0629 e. The van der Waals surface area contributed by atoms with E-state index in [2.05, 4.69) is 62.5 Å². The smallest absolute Gasteiger partial charge is 0.0629 e. The molecule has 172 valence electrons. The molecule has 0 atom stereocenters. The summed E-state index contributed by atoms with van der Waals surface area (Å²) >= 11 is 0. The third kappa shape index (κ3) is 5.05. The average molecular weight is 459 g/mol. The monoisotopic (exact) mass is 458 g/mol. The highest BCUT2D eigenvalue weighted by Crippen LogP contribution is 2.42. The Morgan fingerprint density at radius 2 is 1.11 bits per heavy atom. The van der Waals surface area contributed by atoms with E-state index < -0.39 is 6.04 Å². The number of rotatable bonds is 5. The topological polar surface area (TPSA) is 12.0 Å². The van der Waals surface area contributed by atoms with Crippen molar-refractivity contribution in [2.75, 3.05) is 5.32 Å². The second kappa shape index (κ2) is 9.64. The maximum atomic E-state index is 8.45. The molecule has 0 radical (unpaired) electrons. The first-order valence-electron chi connectivity index (χ1n) is 14.3. The lowest BCUT2D eigenvalue weighted by Crippen LogP contribution is -2.12. The summed E-state index contributed by atoms with van der Waals surface area (Å²) < 4.78 is 41.1. The van der Waals surface area contributed by atoms with E-state index in [1.54, 1.807) is 6.07 Å². The molecule has 0 bridgehead atoms. The molecule has 1 heteroatoms. The first-order chi connectivity index (χ1) is 19.1. The molecule has 1 N–H and O–H groups in total. The molecule has 0 amide bonds. The molecule has 35 heavy (non-hydrogen) atoms. The van der Waals surface area contributed by atoms with Gasteiger partial charge in [-0.15, -0.1) is 0 Å². The summed E-state index contributed by atoms with van der Waals surface area (Å²) in [6.07, 6.45) is 0. The van der Waals surface area contributed by atoms with Crippen LogP contribution in [0.2, 0.25) is 0 Å². The predicted octanol–water partition coefficient (Wildman–Crippen LogP) is 9.73. The molecule has 5 aromatic rings. The molecular formula is C34H31N. The van der Waals surface area contributed by atoms with Crippen LogP contribution in [0.1, 0.15) is 33.2 Å². The van der Waals surface area contributed by atoms with Gasteiger partial charge in [0, 0.05) is 16.8 Å². The highest BCUT2D eigenvalue weighted by Gasteiger charge is 2.21. The molecule has 5 rings (SSSR count). The van der Waals surface area contributed by atoms with Gasteiger partial charge in [0.15, 0.2) is 0 Å². The number of nitrogens with one attached hydrogen (secondary N) is 1. The highest BCUT2D eigenvalue weighted by molar-refractivity contribution is 5.94. The molecule has 0 fully saturated rings. The average Bonchev–Trinajstić information content (AvgIpc) is 2.96. The van der Waals surface area contributed by atoms with Gasteiger partial charge >= 0.3 is 0 Å². The van der Waals surface area contributed by atoms with E-state index in [9.17, 15) is 0 Å². The first kappa shape index (κ1) is 17.4. The van der Waals surface area contributed by atoms with Gasteiger partial charge in [0.1, 0.15) is 0 Å². The van der Waals surface area contributed by atoms with E-state index >= 15 is 0 Å². The van der Waals surface area contributed by atoms with Gasteiger partial charge in [-0.3, -0.25) is 0 Å². The highest BCUT2D eigenvalue weighted by atomic mass is 14.9. The van der Waals surface area contributed by atoms with E-state index in [0.29, 0.717) is 5.56 Å². The Bertz CT molecular complexity index is 1600. The van der Waals surface area contributed by atoms with Crippen molar-refractivity contribution in [3.8, 4) is 33.4 Å². The third-order valence-electron chi connectivity index (χ3n) is 6.09. The fraction of sp³-hybridized carbons (Fsp3) is 0.118. The summed E-state index contributed by atoms with van der Waals surface area (Å²) in [6, 6.07) is 30.9. The summed E-state index contributed by atoms with van der Waals surface area (Å²) in [4.78, 5) is 0. The number of benzene rings is 5. The van der Waals surface area contributed by atoms with Gasteiger partial charge in [-0.1, -0.05) is 124 Å². The summed E-state index contributed by atoms with van der Waals surface area (Å²) in [5.74, 6) is 0. The number of anilines is 2. The Morgan fingerprint density at radius 3 is 1.66 bits per heavy atom. The Kier molecular flexibility index (Phi) is 4.78. The van der Waals surface area contributed by atoms with Crippen LogP contribution in [-0.4, -0.2) is 0 Å². The van der Waals surface area contributed by atoms with Crippen LogP contribution in [-0.2, 0) is 5.41 Å². The molecule has 5 aromatic carbocycles. The van der Waals surface area contributed by atoms with Gasteiger partial charge in [0.25, 0.3) is 0 Å². The predicted molar refractivity (Wildman–Crippen MR) is 151 cm³/mol. The molecule has 0 saturated carbocycles. The van der Waals surface area contributed by atoms with Crippen LogP contribution in [0.25, 0.3) is 33.4 Å². The molecule has 0 spiro atoms. The van der Waals surface area contributed by atoms with Crippen molar-refractivity contribution >= 4 is 11.4 Å². The van der Waals surface area contributed by atoms with Crippen LogP contribution in [0, 0.1) is 0 Å². The largest absolute Gasteiger partial charge is 0.354 e. The first-order valence-corrected chi connectivity index (χ1v) is 11.8. The molecule has 0 heterocycles. The number of hydrogen-bond donors (Lipinski definition) is 1. The molecule has 0 aromatic heterocycles. The Hall–Kier alpha value is -4.10. The summed E-state index contributed by atoms with van der Waals surface area (Å²) in [5.41, 5.74) is 7.83. The molecule has 0 aliphatic heterocycles. The molecule has 0 unspecified atom stereocenters. The quantitative estimate of drug-likeness (QED) is 0.276. The van der Waals surface area contributed by atoms with Crippen molar-refractivity contribution in [1.82, 2.24) is 0 Å². The summed E-state index contributed by atoms with van der Waals surface area (Å²) in [6.45, 7) is 6.63. The molecule has 0 saturated heterocycles. The Morgan fingerprint density at radius 1 is 0.571 bits per heavy atom. The van der Waals surface area contributed by atoms with Crippen LogP contribution in [0.4, 0.5) is 11.4 Å².